The van der Waals surface area contributed by atoms with Gasteiger partial charge in [-0.3, -0.25) is 4.79 Å². The van der Waals surface area contributed by atoms with Gasteiger partial charge in [-0.05, 0) is 61.2 Å². The third-order valence-electron chi connectivity index (χ3n) is 4.49. The van der Waals surface area contributed by atoms with Crippen molar-refractivity contribution in [2.45, 2.75) is 38.6 Å². The molecule has 26 heavy (non-hydrogen) atoms. The highest BCUT2D eigenvalue weighted by Gasteiger charge is 2.12. The van der Waals surface area contributed by atoms with Gasteiger partial charge in [-0.2, -0.15) is 0 Å². The van der Waals surface area contributed by atoms with Crippen molar-refractivity contribution >= 4 is 5.97 Å². The largest absolute Gasteiger partial charge is 0.508 e. The van der Waals surface area contributed by atoms with Gasteiger partial charge >= 0.3 is 5.97 Å². The van der Waals surface area contributed by atoms with Crippen LogP contribution in [-0.4, -0.2) is 30.3 Å². The number of aromatic hydroxyl groups is 1. The summed E-state index contributed by atoms with van der Waals surface area (Å²) in [5, 5.41) is 13.5. The molecule has 0 spiro atoms. The SMILES string of the molecule is CC(=O)Oc1ccc(-c2cc(O)cc(OCCC3CCCCN3)c2)cc1. The first kappa shape index (κ1) is 18.3. The van der Waals surface area contributed by atoms with Gasteiger partial charge in [0.1, 0.15) is 17.2 Å². The molecule has 1 aliphatic heterocycles. The minimum absolute atomic E-state index is 0.164. The number of phenols is 1. The Balaban J connectivity index is 1.64. The zero-order valence-electron chi connectivity index (χ0n) is 15.0. The van der Waals surface area contributed by atoms with Crippen molar-refractivity contribution in [2.24, 2.45) is 0 Å². The van der Waals surface area contributed by atoms with Crippen LogP contribution in [-0.2, 0) is 4.79 Å². The number of piperidine rings is 1. The van der Waals surface area contributed by atoms with Crippen LogP contribution in [0.5, 0.6) is 17.2 Å². The van der Waals surface area contributed by atoms with Crippen LogP contribution in [0.3, 0.4) is 0 Å². The molecule has 0 saturated carbocycles. The number of hydrogen-bond donors (Lipinski definition) is 2. The lowest BCUT2D eigenvalue weighted by molar-refractivity contribution is -0.131. The van der Waals surface area contributed by atoms with Crippen molar-refractivity contribution in [3.63, 3.8) is 0 Å². The van der Waals surface area contributed by atoms with Gasteiger partial charge in [-0.15, -0.1) is 0 Å². The summed E-state index contributed by atoms with van der Waals surface area (Å²) in [4.78, 5) is 11.0. The van der Waals surface area contributed by atoms with Crippen molar-refractivity contribution in [2.75, 3.05) is 13.2 Å². The molecule has 1 aliphatic rings. The van der Waals surface area contributed by atoms with E-state index in [4.69, 9.17) is 9.47 Å². The number of esters is 1. The first-order valence-electron chi connectivity index (χ1n) is 9.09. The Bertz CT molecular complexity index is 736. The van der Waals surface area contributed by atoms with Gasteiger partial charge in [0.15, 0.2) is 0 Å². The molecule has 1 unspecified atom stereocenters. The summed E-state index contributed by atoms with van der Waals surface area (Å²) < 4.78 is 10.9. The number of nitrogens with one attached hydrogen (secondary N) is 1. The Morgan fingerprint density at radius 2 is 1.92 bits per heavy atom. The quantitative estimate of drug-likeness (QED) is 0.608. The highest BCUT2D eigenvalue weighted by molar-refractivity contribution is 5.71. The van der Waals surface area contributed by atoms with E-state index < -0.39 is 0 Å². The summed E-state index contributed by atoms with van der Waals surface area (Å²) in [5.74, 6) is 0.966. The van der Waals surface area contributed by atoms with Crippen LogP contribution in [0, 0.1) is 0 Å². The maximum absolute atomic E-state index is 11.0. The van der Waals surface area contributed by atoms with E-state index in [1.165, 1.54) is 26.2 Å². The number of phenolic OH excluding ortho intramolecular Hbond substituents is 1. The van der Waals surface area contributed by atoms with Crippen molar-refractivity contribution in [1.82, 2.24) is 5.32 Å². The molecule has 0 aromatic heterocycles. The highest BCUT2D eigenvalue weighted by Crippen LogP contribution is 2.30. The molecule has 2 aromatic rings. The normalized spacial score (nSPS) is 16.9. The lowest BCUT2D eigenvalue weighted by atomic mass is 10.0. The first-order chi connectivity index (χ1) is 12.6. The monoisotopic (exact) mass is 355 g/mol. The molecule has 0 amide bonds. The summed E-state index contributed by atoms with van der Waals surface area (Å²) in [6, 6.07) is 12.9. The second-order valence-corrected chi connectivity index (χ2v) is 6.62. The predicted octanol–water partition coefficient (Wildman–Crippen LogP) is 3.90. The van der Waals surface area contributed by atoms with Gasteiger partial charge in [-0.1, -0.05) is 18.6 Å². The third kappa shape index (κ3) is 5.23. The van der Waals surface area contributed by atoms with Crippen LogP contribution in [0.2, 0.25) is 0 Å². The van der Waals surface area contributed by atoms with Crippen LogP contribution in [0.15, 0.2) is 42.5 Å². The molecule has 0 aliphatic carbocycles. The fraction of sp³-hybridized carbons (Fsp3) is 0.381. The van der Waals surface area contributed by atoms with E-state index in [2.05, 4.69) is 5.32 Å². The molecular weight excluding hydrogens is 330 g/mol. The number of carbonyl (C=O) groups excluding carboxylic acids is 1. The fourth-order valence-electron chi connectivity index (χ4n) is 3.20. The van der Waals surface area contributed by atoms with E-state index in [0.717, 1.165) is 24.1 Å². The van der Waals surface area contributed by atoms with Gasteiger partial charge in [0.25, 0.3) is 0 Å². The van der Waals surface area contributed by atoms with Crippen molar-refractivity contribution < 1.29 is 19.4 Å². The third-order valence-corrected chi connectivity index (χ3v) is 4.49. The smallest absolute Gasteiger partial charge is 0.308 e. The number of carbonyl (C=O) groups is 1. The van der Waals surface area contributed by atoms with E-state index in [1.807, 2.05) is 18.2 Å². The van der Waals surface area contributed by atoms with E-state index in [9.17, 15) is 9.90 Å². The molecule has 5 heteroatoms. The highest BCUT2D eigenvalue weighted by atomic mass is 16.5. The number of benzene rings is 2. The van der Waals surface area contributed by atoms with Crippen molar-refractivity contribution in [3.05, 3.63) is 42.5 Å². The molecule has 2 aromatic carbocycles. The maximum Gasteiger partial charge on any atom is 0.308 e. The Hall–Kier alpha value is -2.53. The van der Waals surface area contributed by atoms with E-state index in [-0.39, 0.29) is 11.7 Å². The molecule has 1 heterocycles. The van der Waals surface area contributed by atoms with Crippen LogP contribution >= 0.6 is 0 Å². The Kier molecular flexibility index (Phi) is 6.12. The first-order valence-corrected chi connectivity index (χ1v) is 9.09. The van der Waals surface area contributed by atoms with Crippen LogP contribution in [0.25, 0.3) is 11.1 Å². The molecule has 138 valence electrons. The van der Waals surface area contributed by atoms with E-state index in [0.29, 0.717) is 24.1 Å². The van der Waals surface area contributed by atoms with Gasteiger partial charge in [0.05, 0.1) is 6.61 Å². The molecule has 1 saturated heterocycles. The lowest BCUT2D eigenvalue weighted by Gasteiger charge is -2.23. The molecular formula is C21H25NO4. The van der Waals surface area contributed by atoms with Gasteiger partial charge in [-0.25, -0.2) is 0 Å². The van der Waals surface area contributed by atoms with Gasteiger partial charge in [0.2, 0.25) is 0 Å². The zero-order valence-corrected chi connectivity index (χ0v) is 15.0. The van der Waals surface area contributed by atoms with E-state index in [1.54, 1.807) is 24.3 Å². The molecule has 1 fully saturated rings. The summed E-state index contributed by atoms with van der Waals surface area (Å²) >= 11 is 0. The van der Waals surface area contributed by atoms with Crippen molar-refractivity contribution in [1.29, 1.82) is 0 Å². The summed E-state index contributed by atoms with van der Waals surface area (Å²) in [6.45, 7) is 3.08. The number of ether oxygens (including phenoxy) is 2. The fourth-order valence-corrected chi connectivity index (χ4v) is 3.20. The summed E-state index contributed by atoms with van der Waals surface area (Å²) in [7, 11) is 0. The standard InChI is InChI=1S/C21H25NO4/c1-15(23)26-20-7-5-16(6-8-20)17-12-19(24)14-21(13-17)25-11-9-18-4-2-3-10-22-18/h5-8,12-14,18,22,24H,2-4,9-11H2,1H3. The number of hydrogen-bond acceptors (Lipinski definition) is 5. The van der Waals surface area contributed by atoms with Crippen LogP contribution in [0.1, 0.15) is 32.6 Å². The van der Waals surface area contributed by atoms with Gasteiger partial charge < -0.3 is 19.9 Å². The van der Waals surface area contributed by atoms with Crippen LogP contribution in [0.4, 0.5) is 0 Å². The average molecular weight is 355 g/mol. The maximum atomic E-state index is 11.0. The minimum Gasteiger partial charge on any atom is -0.508 e. The summed E-state index contributed by atoms with van der Waals surface area (Å²) in [6.07, 6.45) is 4.69. The number of rotatable bonds is 6. The molecule has 3 rings (SSSR count). The second-order valence-electron chi connectivity index (χ2n) is 6.62. The molecule has 5 nitrogen and oxygen atoms in total. The summed E-state index contributed by atoms with van der Waals surface area (Å²) in [5.41, 5.74) is 1.76. The Labute approximate surface area is 153 Å². The molecule has 2 N–H and O–H groups in total. The lowest BCUT2D eigenvalue weighted by Crippen LogP contribution is -2.35. The Morgan fingerprint density at radius 3 is 2.62 bits per heavy atom. The molecule has 1 atom stereocenters. The average Bonchev–Trinajstić information content (AvgIpc) is 2.62. The minimum atomic E-state index is -0.349. The van der Waals surface area contributed by atoms with Gasteiger partial charge in [0, 0.05) is 19.0 Å². The molecule has 0 radical (unpaired) electrons. The second kappa shape index (κ2) is 8.72. The Morgan fingerprint density at radius 1 is 1.12 bits per heavy atom. The predicted molar refractivity (Wildman–Crippen MR) is 101 cm³/mol. The van der Waals surface area contributed by atoms with Crippen molar-refractivity contribution in [3.8, 4) is 28.4 Å². The molecule has 0 bridgehead atoms. The van der Waals surface area contributed by atoms with E-state index >= 15 is 0 Å². The van der Waals surface area contributed by atoms with Crippen LogP contribution < -0.4 is 14.8 Å². The topological polar surface area (TPSA) is 67.8 Å². The zero-order chi connectivity index (χ0) is 18.4.